The van der Waals surface area contributed by atoms with Gasteiger partial charge in [0.2, 0.25) is 0 Å². The molecule has 0 bridgehead atoms. The predicted octanol–water partition coefficient (Wildman–Crippen LogP) is 4.66. The molecule has 0 aliphatic carbocycles. The standard InChI is InChI=1S/C19H12N2O6/c22-18(14-2-1-3-16(12-14)21(25)26)10-8-17-9-11-19(27-17)13-4-6-15(7-5-13)20(23)24/h1-12H/b10-8+. The minimum absolute atomic E-state index is 0.0204. The predicted molar refractivity (Wildman–Crippen MR) is 97.3 cm³/mol. The molecule has 27 heavy (non-hydrogen) atoms. The SMILES string of the molecule is O=C(/C=C/c1ccc(-c2ccc([N+](=O)[O-])cc2)o1)c1cccc([N+](=O)[O-])c1. The number of hydrogen-bond donors (Lipinski definition) is 0. The van der Waals surface area contributed by atoms with Gasteiger partial charge >= 0.3 is 0 Å². The number of non-ortho nitro benzene ring substituents is 2. The van der Waals surface area contributed by atoms with Crippen LogP contribution in [0.4, 0.5) is 11.4 Å². The smallest absolute Gasteiger partial charge is 0.270 e. The van der Waals surface area contributed by atoms with E-state index in [0.717, 1.165) is 0 Å². The van der Waals surface area contributed by atoms with Gasteiger partial charge in [0.1, 0.15) is 11.5 Å². The molecule has 0 saturated carbocycles. The Morgan fingerprint density at radius 3 is 2.26 bits per heavy atom. The van der Waals surface area contributed by atoms with E-state index in [9.17, 15) is 25.0 Å². The Hall–Kier alpha value is -4.07. The Bertz CT molecular complexity index is 1050. The third-order valence-corrected chi connectivity index (χ3v) is 3.73. The first-order valence-corrected chi connectivity index (χ1v) is 7.75. The highest BCUT2D eigenvalue weighted by Gasteiger charge is 2.10. The normalized spacial score (nSPS) is 10.8. The second-order valence-corrected chi connectivity index (χ2v) is 5.51. The summed E-state index contributed by atoms with van der Waals surface area (Å²) in [5.74, 6) is 0.501. The lowest BCUT2D eigenvalue weighted by Gasteiger charge is -1.97. The molecule has 0 atom stereocenters. The van der Waals surface area contributed by atoms with Gasteiger partial charge in [-0.05, 0) is 36.4 Å². The number of rotatable bonds is 6. The zero-order valence-electron chi connectivity index (χ0n) is 13.8. The molecule has 0 N–H and O–H groups in total. The van der Waals surface area contributed by atoms with Gasteiger partial charge in [0.25, 0.3) is 11.4 Å². The van der Waals surface area contributed by atoms with Gasteiger partial charge in [-0.1, -0.05) is 12.1 Å². The lowest BCUT2D eigenvalue weighted by atomic mass is 10.1. The molecule has 0 aliphatic rings. The minimum Gasteiger partial charge on any atom is -0.457 e. The van der Waals surface area contributed by atoms with E-state index in [4.69, 9.17) is 4.42 Å². The van der Waals surface area contributed by atoms with Crippen molar-refractivity contribution >= 4 is 23.2 Å². The second kappa shape index (κ2) is 7.44. The van der Waals surface area contributed by atoms with E-state index in [0.29, 0.717) is 17.1 Å². The number of nitro benzene ring substituents is 2. The maximum atomic E-state index is 12.2. The van der Waals surface area contributed by atoms with Crippen LogP contribution in [0.2, 0.25) is 0 Å². The number of carbonyl (C=O) groups excluding carboxylic acids is 1. The highest BCUT2D eigenvalue weighted by atomic mass is 16.6. The maximum Gasteiger partial charge on any atom is 0.270 e. The van der Waals surface area contributed by atoms with Crippen molar-refractivity contribution in [2.75, 3.05) is 0 Å². The number of furan rings is 1. The van der Waals surface area contributed by atoms with Crippen molar-refractivity contribution in [2.45, 2.75) is 0 Å². The third-order valence-electron chi connectivity index (χ3n) is 3.73. The van der Waals surface area contributed by atoms with E-state index in [2.05, 4.69) is 0 Å². The van der Waals surface area contributed by atoms with E-state index in [1.54, 1.807) is 24.3 Å². The number of nitro groups is 2. The van der Waals surface area contributed by atoms with E-state index >= 15 is 0 Å². The summed E-state index contributed by atoms with van der Waals surface area (Å²) in [5, 5.41) is 21.5. The maximum absolute atomic E-state index is 12.2. The Morgan fingerprint density at radius 2 is 1.59 bits per heavy atom. The second-order valence-electron chi connectivity index (χ2n) is 5.51. The average molecular weight is 364 g/mol. The summed E-state index contributed by atoms with van der Waals surface area (Å²) in [6.45, 7) is 0. The fourth-order valence-electron chi connectivity index (χ4n) is 2.37. The Morgan fingerprint density at radius 1 is 0.889 bits per heavy atom. The molecule has 0 fully saturated rings. The molecule has 2 aromatic carbocycles. The molecule has 0 unspecified atom stereocenters. The summed E-state index contributed by atoms with van der Waals surface area (Å²) in [6.07, 6.45) is 2.72. The van der Waals surface area contributed by atoms with Crippen molar-refractivity contribution in [3.05, 3.63) is 98.3 Å². The lowest BCUT2D eigenvalue weighted by Crippen LogP contribution is -1.96. The Balaban J connectivity index is 1.75. The van der Waals surface area contributed by atoms with Crippen LogP contribution in [0.1, 0.15) is 16.1 Å². The Labute approximate surface area is 152 Å². The van der Waals surface area contributed by atoms with Gasteiger partial charge < -0.3 is 4.42 Å². The van der Waals surface area contributed by atoms with Crippen molar-refractivity contribution in [1.29, 1.82) is 0 Å². The molecule has 0 spiro atoms. The fourth-order valence-corrected chi connectivity index (χ4v) is 2.37. The summed E-state index contributed by atoms with van der Waals surface area (Å²) < 4.78 is 5.60. The number of benzene rings is 2. The number of carbonyl (C=O) groups is 1. The number of allylic oxidation sites excluding steroid dienone is 1. The lowest BCUT2D eigenvalue weighted by molar-refractivity contribution is -0.385. The molecule has 3 aromatic rings. The van der Waals surface area contributed by atoms with Crippen LogP contribution < -0.4 is 0 Å². The summed E-state index contributed by atoms with van der Waals surface area (Å²) >= 11 is 0. The summed E-state index contributed by atoms with van der Waals surface area (Å²) in [7, 11) is 0. The van der Waals surface area contributed by atoms with Crippen LogP contribution in [-0.2, 0) is 0 Å². The molecule has 134 valence electrons. The van der Waals surface area contributed by atoms with Crippen molar-refractivity contribution < 1.29 is 19.1 Å². The van der Waals surface area contributed by atoms with E-state index in [1.165, 1.54) is 48.6 Å². The summed E-state index contributed by atoms with van der Waals surface area (Å²) in [6, 6.07) is 14.7. The van der Waals surface area contributed by atoms with Gasteiger partial charge in [0.15, 0.2) is 5.78 Å². The molecule has 3 rings (SSSR count). The van der Waals surface area contributed by atoms with Crippen LogP contribution in [0, 0.1) is 20.2 Å². The first-order valence-electron chi connectivity index (χ1n) is 7.75. The molecule has 1 aromatic heterocycles. The number of nitrogens with zero attached hydrogens (tertiary/aromatic N) is 2. The van der Waals surface area contributed by atoms with Gasteiger partial charge in [-0.2, -0.15) is 0 Å². The van der Waals surface area contributed by atoms with Gasteiger partial charge in [0, 0.05) is 35.4 Å². The molecular formula is C19H12N2O6. The van der Waals surface area contributed by atoms with E-state index in [-0.39, 0.29) is 16.9 Å². The topological polar surface area (TPSA) is 116 Å². The van der Waals surface area contributed by atoms with Crippen molar-refractivity contribution in [2.24, 2.45) is 0 Å². The molecule has 1 heterocycles. The molecule has 0 radical (unpaired) electrons. The summed E-state index contributed by atoms with van der Waals surface area (Å²) in [5.41, 5.74) is 0.675. The van der Waals surface area contributed by atoms with Crippen LogP contribution in [0.25, 0.3) is 17.4 Å². The van der Waals surface area contributed by atoms with Gasteiger partial charge in [-0.3, -0.25) is 25.0 Å². The van der Waals surface area contributed by atoms with Gasteiger partial charge in [0.05, 0.1) is 9.85 Å². The highest BCUT2D eigenvalue weighted by molar-refractivity contribution is 6.07. The largest absolute Gasteiger partial charge is 0.457 e. The molecule has 0 amide bonds. The summed E-state index contributed by atoms with van der Waals surface area (Å²) in [4.78, 5) is 32.6. The fraction of sp³-hybridized carbons (Fsp3) is 0. The Kier molecular flexibility index (Phi) is 4.89. The zero-order valence-corrected chi connectivity index (χ0v) is 13.8. The van der Waals surface area contributed by atoms with Crippen LogP contribution in [-0.4, -0.2) is 15.6 Å². The van der Waals surface area contributed by atoms with Crippen molar-refractivity contribution in [3.8, 4) is 11.3 Å². The van der Waals surface area contributed by atoms with Crippen LogP contribution >= 0.6 is 0 Å². The average Bonchev–Trinajstić information content (AvgIpc) is 3.15. The van der Waals surface area contributed by atoms with E-state index in [1.807, 2.05) is 0 Å². The third kappa shape index (κ3) is 4.13. The van der Waals surface area contributed by atoms with Crippen molar-refractivity contribution in [1.82, 2.24) is 0 Å². The van der Waals surface area contributed by atoms with Crippen LogP contribution in [0.15, 0.2) is 71.2 Å². The van der Waals surface area contributed by atoms with Crippen LogP contribution in [0.5, 0.6) is 0 Å². The first-order chi connectivity index (χ1) is 12.9. The first kappa shape index (κ1) is 17.7. The van der Waals surface area contributed by atoms with Gasteiger partial charge in [-0.15, -0.1) is 0 Å². The zero-order chi connectivity index (χ0) is 19.4. The molecule has 8 heteroatoms. The molecule has 0 aliphatic heterocycles. The van der Waals surface area contributed by atoms with Gasteiger partial charge in [-0.25, -0.2) is 0 Å². The van der Waals surface area contributed by atoms with Crippen molar-refractivity contribution in [3.63, 3.8) is 0 Å². The molecular weight excluding hydrogens is 352 g/mol. The number of hydrogen-bond acceptors (Lipinski definition) is 6. The van der Waals surface area contributed by atoms with Crippen LogP contribution in [0.3, 0.4) is 0 Å². The monoisotopic (exact) mass is 364 g/mol. The molecule has 8 nitrogen and oxygen atoms in total. The quantitative estimate of drug-likeness (QED) is 0.272. The highest BCUT2D eigenvalue weighted by Crippen LogP contribution is 2.25. The van der Waals surface area contributed by atoms with E-state index < -0.39 is 15.6 Å². The minimum atomic E-state index is -0.566. The molecule has 0 saturated heterocycles. The number of ketones is 1.